The van der Waals surface area contributed by atoms with Crippen LogP contribution in [-0.4, -0.2) is 11.9 Å². The van der Waals surface area contributed by atoms with Crippen LogP contribution in [0, 0.1) is 6.92 Å². The molecule has 3 rings (SSSR count). The van der Waals surface area contributed by atoms with Crippen molar-refractivity contribution in [3.05, 3.63) is 52.5 Å². The molecule has 104 valence electrons. The van der Waals surface area contributed by atoms with E-state index in [1.54, 1.807) is 11.8 Å². The molecule has 0 saturated carbocycles. The van der Waals surface area contributed by atoms with Crippen LogP contribution in [-0.2, 0) is 6.42 Å². The predicted molar refractivity (Wildman–Crippen MR) is 85.9 cm³/mol. The first-order valence-corrected chi connectivity index (χ1v) is 7.93. The van der Waals surface area contributed by atoms with Crippen molar-refractivity contribution >= 4 is 29.1 Å². The Morgan fingerprint density at radius 2 is 2.20 bits per heavy atom. The summed E-state index contributed by atoms with van der Waals surface area (Å²) in [6.45, 7) is 2.06. The highest BCUT2D eigenvalue weighted by atomic mass is 35.5. The predicted octanol–water partition coefficient (Wildman–Crippen LogP) is 4.33. The Labute approximate surface area is 128 Å². The van der Waals surface area contributed by atoms with Crippen LogP contribution in [0.1, 0.15) is 11.1 Å². The molecule has 0 saturated heterocycles. The monoisotopic (exact) mass is 305 g/mol. The summed E-state index contributed by atoms with van der Waals surface area (Å²) >= 11 is 7.80. The molecule has 1 aliphatic rings. The Balaban J connectivity index is 1.65. The van der Waals surface area contributed by atoms with Crippen LogP contribution in [0.25, 0.3) is 0 Å². The molecule has 0 amide bonds. The van der Waals surface area contributed by atoms with Gasteiger partial charge in [0, 0.05) is 27.8 Å². The highest BCUT2D eigenvalue weighted by Crippen LogP contribution is 2.34. The number of halogens is 1. The number of nitrogens with two attached hydrogens (primary N) is 1. The lowest BCUT2D eigenvalue weighted by molar-refractivity contribution is 0.259. The van der Waals surface area contributed by atoms with Gasteiger partial charge in [0.25, 0.3) is 0 Å². The van der Waals surface area contributed by atoms with Gasteiger partial charge >= 0.3 is 0 Å². The van der Waals surface area contributed by atoms with Gasteiger partial charge < -0.3 is 10.5 Å². The van der Waals surface area contributed by atoms with Crippen molar-refractivity contribution in [1.82, 2.24) is 0 Å². The third-order valence-corrected chi connectivity index (χ3v) is 5.04. The summed E-state index contributed by atoms with van der Waals surface area (Å²) in [5, 5.41) is 0.771. The summed E-state index contributed by atoms with van der Waals surface area (Å²) in [7, 11) is 0. The number of anilines is 1. The second-order valence-corrected chi connectivity index (χ2v) is 6.48. The van der Waals surface area contributed by atoms with Crippen LogP contribution in [0.4, 0.5) is 5.69 Å². The Kier molecular flexibility index (Phi) is 3.81. The number of fused-ring (bicyclic) bond motifs is 1. The topological polar surface area (TPSA) is 35.2 Å². The van der Waals surface area contributed by atoms with E-state index in [1.165, 1.54) is 10.5 Å². The third kappa shape index (κ3) is 2.74. The van der Waals surface area contributed by atoms with Gasteiger partial charge in [-0.25, -0.2) is 0 Å². The lowest BCUT2D eigenvalue weighted by Crippen LogP contribution is -2.15. The van der Waals surface area contributed by atoms with Crippen molar-refractivity contribution in [3.63, 3.8) is 0 Å². The molecule has 0 aliphatic carbocycles. The number of hydrogen-bond donors (Lipinski definition) is 1. The van der Waals surface area contributed by atoms with Gasteiger partial charge in [0.2, 0.25) is 0 Å². The molecule has 1 unspecified atom stereocenters. The minimum absolute atomic E-state index is 0.203. The average Bonchev–Trinajstić information content (AvgIpc) is 2.82. The number of thioether (sulfide) groups is 1. The van der Waals surface area contributed by atoms with E-state index in [9.17, 15) is 0 Å². The first kappa shape index (κ1) is 13.7. The number of benzene rings is 2. The maximum Gasteiger partial charge on any atom is 0.123 e. The normalized spacial score (nSPS) is 16.8. The van der Waals surface area contributed by atoms with Crippen LogP contribution in [0.15, 0.2) is 41.3 Å². The van der Waals surface area contributed by atoms with Crippen LogP contribution in [0.2, 0.25) is 5.02 Å². The lowest BCUT2D eigenvalue weighted by Gasteiger charge is -2.12. The van der Waals surface area contributed by atoms with Crippen molar-refractivity contribution in [2.24, 2.45) is 0 Å². The highest BCUT2D eigenvalue weighted by molar-refractivity contribution is 7.99. The summed E-state index contributed by atoms with van der Waals surface area (Å²) < 4.78 is 5.94. The van der Waals surface area contributed by atoms with Crippen LogP contribution in [0.3, 0.4) is 0 Å². The summed E-state index contributed by atoms with van der Waals surface area (Å²) in [5.41, 5.74) is 9.13. The van der Waals surface area contributed by atoms with Gasteiger partial charge in [-0.2, -0.15) is 0 Å². The van der Waals surface area contributed by atoms with Gasteiger partial charge in [0.15, 0.2) is 0 Å². The quantitative estimate of drug-likeness (QED) is 0.677. The molecule has 2 N–H and O–H groups in total. The summed E-state index contributed by atoms with van der Waals surface area (Å²) in [6, 6.07) is 11.9. The maximum atomic E-state index is 6.01. The number of nitrogen functional groups attached to an aromatic ring is 1. The lowest BCUT2D eigenvalue weighted by atomic mass is 10.1. The van der Waals surface area contributed by atoms with Crippen molar-refractivity contribution < 1.29 is 4.74 Å². The Morgan fingerprint density at radius 1 is 1.35 bits per heavy atom. The molecule has 0 radical (unpaired) electrons. The van der Waals surface area contributed by atoms with Gasteiger partial charge in [-0.05, 0) is 48.4 Å². The van der Waals surface area contributed by atoms with E-state index in [0.717, 1.165) is 34.2 Å². The second-order valence-electron chi connectivity index (χ2n) is 4.98. The fourth-order valence-corrected chi connectivity index (χ4v) is 3.61. The van der Waals surface area contributed by atoms with E-state index >= 15 is 0 Å². The molecule has 1 heterocycles. The van der Waals surface area contributed by atoms with Crippen molar-refractivity contribution in [3.8, 4) is 5.75 Å². The zero-order chi connectivity index (χ0) is 14.1. The fourth-order valence-electron chi connectivity index (χ4n) is 2.35. The van der Waals surface area contributed by atoms with Gasteiger partial charge in [0.05, 0.1) is 0 Å². The van der Waals surface area contributed by atoms with Gasteiger partial charge in [-0.3, -0.25) is 0 Å². The van der Waals surface area contributed by atoms with E-state index in [-0.39, 0.29) is 6.10 Å². The Bertz CT molecular complexity index is 644. The van der Waals surface area contributed by atoms with Crippen molar-refractivity contribution in [2.75, 3.05) is 11.5 Å². The molecular weight excluding hydrogens is 290 g/mol. The molecule has 0 aromatic heterocycles. The van der Waals surface area contributed by atoms with Crippen LogP contribution >= 0.6 is 23.4 Å². The number of rotatable bonds is 3. The minimum Gasteiger partial charge on any atom is -0.489 e. The molecule has 1 aliphatic heterocycles. The minimum atomic E-state index is 0.203. The van der Waals surface area contributed by atoms with Crippen molar-refractivity contribution in [2.45, 2.75) is 24.3 Å². The molecule has 2 aromatic rings. The molecular formula is C16H16ClNOS. The first-order chi connectivity index (χ1) is 9.63. The standard InChI is InChI=1S/C16H16ClNOS/c1-10-14(18)3-2-4-16(10)20-9-13-8-11-7-12(17)5-6-15(11)19-13/h2-7,13H,8-9,18H2,1H3. The number of hydrogen-bond acceptors (Lipinski definition) is 3. The molecule has 0 bridgehead atoms. The summed E-state index contributed by atoms with van der Waals surface area (Å²) in [5.74, 6) is 1.88. The third-order valence-electron chi connectivity index (χ3n) is 3.51. The van der Waals surface area contributed by atoms with E-state index in [1.807, 2.05) is 30.3 Å². The molecule has 2 aromatic carbocycles. The van der Waals surface area contributed by atoms with E-state index < -0.39 is 0 Å². The molecule has 0 spiro atoms. The zero-order valence-electron chi connectivity index (χ0n) is 11.2. The van der Waals surface area contributed by atoms with Gasteiger partial charge in [0.1, 0.15) is 11.9 Å². The molecule has 2 nitrogen and oxygen atoms in total. The van der Waals surface area contributed by atoms with Gasteiger partial charge in [-0.1, -0.05) is 17.7 Å². The summed E-state index contributed by atoms with van der Waals surface area (Å²) in [4.78, 5) is 1.22. The molecule has 20 heavy (non-hydrogen) atoms. The largest absolute Gasteiger partial charge is 0.489 e. The average molecular weight is 306 g/mol. The SMILES string of the molecule is Cc1c(N)cccc1SCC1Cc2cc(Cl)ccc2O1. The highest BCUT2D eigenvalue weighted by Gasteiger charge is 2.23. The van der Waals surface area contributed by atoms with E-state index in [2.05, 4.69) is 13.0 Å². The summed E-state index contributed by atoms with van der Waals surface area (Å²) in [6.07, 6.45) is 1.12. The fraction of sp³-hybridized carbons (Fsp3) is 0.250. The first-order valence-electron chi connectivity index (χ1n) is 6.56. The number of ether oxygens (including phenoxy) is 1. The molecule has 1 atom stereocenters. The smallest absolute Gasteiger partial charge is 0.123 e. The van der Waals surface area contributed by atoms with Gasteiger partial charge in [-0.15, -0.1) is 11.8 Å². The molecule has 0 fully saturated rings. The van der Waals surface area contributed by atoms with E-state index in [4.69, 9.17) is 22.1 Å². The second kappa shape index (κ2) is 5.58. The zero-order valence-corrected chi connectivity index (χ0v) is 12.8. The maximum absolute atomic E-state index is 6.01. The Morgan fingerprint density at radius 3 is 3.05 bits per heavy atom. The van der Waals surface area contributed by atoms with Crippen LogP contribution in [0.5, 0.6) is 5.75 Å². The van der Waals surface area contributed by atoms with Crippen molar-refractivity contribution in [1.29, 1.82) is 0 Å². The molecule has 4 heteroatoms. The van der Waals surface area contributed by atoms with Crippen LogP contribution < -0.4 is 10.5 Å². The van der Waals surface area contributed by atoms with E-state index in [0.29, 0.717) is 0 Å². The Hall–Kier alpha value is -1.32.